The van der Waals surface area contributed by atoms with Crippen LogP contribution in [0.5, 0.6) is 0 Å². The van der Waals surface area contributed by atoms with Gasteiger partial charge in [-0.15, -0.1) is 6.58 Å². The first-order chi connectivity index (χ1) is 21.2. The molecule has 1 aliphatic heterocycles. The van der Waals surface area contributed by atoms with Crippen molar-refractivity contribution in [3.8, 4) is 11.1 Å². The third-order valence-electron chi connectivity index (χ3n) is 8.47. The molecule has 5 rings (SSSR count). The number of nitrogens with one attached hydrogen (secondary N) is 1. The number of hydrogen-bond acceptors (Lipinski definition) is 5. The fourth-order valence-corrected chi connectivity index (χ4v) is 6.35. The van der Waals surface area contributed by atoms with Crippen LogP contribution >= 0.6 is 34.8 Å². The second kappa shape index (κ2) is 15.2. The largest absolute Gasteiger partial charge is 0.392 e. The molecule has 2 N–H and O–H groups in total. The fraction of sp³-hybridized carbons (Fsp3) is 0.400. The number of hydrogen-bond donors (Lipinski definition) is 2. The molecule has 2 aliphatic rings. The number of carbonyl (C=O) groups is 1. The minimum atomic E-state index is -2.02. The van der Waals surface area contributed by atoms with Crippen molar-refractivity contribution in [3.05, 3.63) is 108 Å². The zero-order valence-corrected chi connectivity index (χ0v) is 26.9. The van der Waals surface area contributed by atoms with Crippen LogP contribution in [-0.2, 0) is 27.4 Å². The van der Waals surface area contributed by atoms with E-state index < -0.39 is 16.0 Å². The molecule has 44 heavy (non-hydrogen) atoms. The lowest BCUT2D eigenvalue weighted by atomic mass is 9.97. The molecule has 2 fully saturated rings. The van der Waals surface area contributed by atoms with Crippen molar-refractivity contribution in [1.29, 1.82) is 0 Å². The number of alkyl halides is 3. The van der Waals surface area contributed by atoms with Crippen LogP contribution in [0.25, 0.3) is 11.1 Å². The molecule has 0 aromatic heterocycles. The molecule has 0 radical (unpaired) electrons. The molecule has 0 unspecified atom stereocenters. The average molecular weight is 658 g/mol. The third kappa shape index (κ3) is 8.43. The van der Waals surface area contributed by atoms with Crippen molar-refractivity contribution in [3.63, 3.8) is 0 Å². The number of aliphatic hydroxyl groups is 1. The van der Waals surface area contributed by atoms with Gasteiger partial charge in [0.05, 0.1) is 18.8 Å². The van der Waals surface area contributed by atoms with Gasteiger partial charge in [-0.1, -0.05) is 127 Å². The van der Waals surface area contributed by atoms with Gasteiger partial charge < -0.3 is 19.9 Å². The van der Waals surface area contributed by atoms with E-state index in [9.17, 15) is 9.90 Å². The van der Waals surface area contributed by atoms with Gasteiger partial charge in [0.2, 0.25) is 0 Å². The van der Waals surface area contributed by atoms with E-state index >= 15 is 0 Å². The molecule has 0 bridgehead atoms. The van der Waals surface area contributed by atoms with E-state index in [4.69, 9.17) is 44.3 Å². The van der Waals surface area contributed by atoms with Crippen molar-refractivity contribution in [2.75, 3.05) is 13.1 Å². The number of aliphatic hydroxyl groups excluding tert-OH is 1. The van der Waals surface area contributed by atoms with Crippen molar-refractivity contribution < 1.29 is 19.4 Å². The highest BCUT2D eigenvalue weighted by Crippen LogP contribution is 2.39. The van der Waals surface area contributed by atoms with E-state index in [1.165, 1.54) is 25.7 Å². The predicted molar refractivity (Wildman–Crippen MR) is 176 cm³/mol. The summed E-state index contributed by atoms with van der Waals surface area (Å²) in [4.78, 5) is 14.6. The highest BCUT2D eigenvalue weighted by Gasteiger charge is 2.35. The Morgan fingerprint density at radius 3 is 2.32 bits per heavy atom. The van der Waals surface area contributed by atoms with Gasteiger partial charge >= 0.3 is 0 Å². The van der Waals surface area contributed by atoms with Crippen molar-refractivity contribution in [2.45, 2.75) is 73.6 Å². The van der Waals surface area contributed by atoms with Crippen LogP contribution in [0.1, 0.15) is 66.8 Å². The second-order valence-electron chi connectivity index (χ2n) is 11.5. The van der Waals surface area contributed by atoms with Crippen LogP contribution in [0.4, 0.5) is 0 Å². The standard InChI is InChI=1S/C35H39Cl3N2O4/c1-2-19-40(29-8-4-5-9-29)22-30-20-32(26-13-11-24(23-41)12-14-26)44-33(43-30)27-17-15-25(16-18-27)31-10-6-3-7-28(31)21-39-34(42)35(36,37)38/h2-3,6-7,10-18,29-30,32-33,41H,1,4-5,8-9,19-23H2,(H,39,42)/t30-,32+,33+/m0/s1. The minimum Gasteiger partial charge on any atom is -0.392 e. The predicted octanol–water partition coefficient (Wildman–Crippen LogP) is 7.81. The van der Waals surface area contributed by atoms with Gasteiger partial charge in [0.25, 0.3) is 9.70 Å². The van der Waals surface area contributed by atoms with Crippen LogP contribution in [0, 0.1) is 0 Å². The number of amides is 1. The molecule has 1 saturated carbocycles. The number of carbonyl (C=O) groups excluding carboxylic acids is 1. The lowest BCUT2D eigenvalue weighted by Crippen LogP contribution is -2.43. The zero-order chi connectivity index (χ0) is 31.1. The van der Waals surface area contributed by atoms with E-state index in [-0.39, 0.29) is 25.4 Å². The number of halogens is 3. The summed E-state index contributed by atoms with van der Waals surface area (Å²) in [5.74, 6) is -0.672. The first-order valence-electron chi connectivity index (χ1n) is 15.1. The molecule has 1 aliphatic carbocycles. The van der Waals surface area contributed by atoms with Gasteiger partial charge in [-0.2, -0.15) is 0 Å². The average Bonchev–Trinajstić information content (AvgIpc) is 3.58. The SMILES string of the molecule is C=CCN(C[C@@H]1C[C@H](c2ccc(CO)cc2)O[C@H](c2ccc(-c3ccccc3CNC(=O)C(Cl)(Cl)Cl)cc2)O1)C1CCCC1. The van der Waals surface area contributed by atoms with Crippen LogP contribution < -0.4 is 5.32 Å². The Morgan fingerprint density at radius 1 is 0.977 bits per heavy atom. The van der Waals surface area contributed by atoms with Crippen LogP contribution in [0.2, 0.25) is 0 Å². The number of nitrogens with zero attached hydrogens (tertiary/aromatic N) is 1. The maximum absolute atomic E-state index is 12.1. The Kier molecular flexibility index (Phi) is 11.4. The summed E-state index contributed by atoms with van der Waals surface area (Å²) in [6.07, 6.45) is 6.96. The Balaban J connectivity index is 1.36. The molecule has 3 atom stereocenters. The molecular weight excluding hydrogens is 619 g/mol. The van der Waals surface area contributed by atoms with E-state index in [2.05, 4.69) is 16.8 Å². The monoisotopic (exact) mass is 656 g/mol. The summed E-state index contributed by atoms with van der Waals surface area (Å²) >= 11 is 17.2. The van der Waals surface area contributed by atoms with E-state index in [0.717, 1.165) is 52.9 Å². The first kappa shape index (κ1) is 33.0. The first-order valence-corrected chi connectivity index (χ1v) is 16.3. The Morgan fingerprint density at radius 2 is 1.66 bits per heavy atom. The molecule has 0 spiro atoms. The Bertz CT molecular complexity index is 1390. The third-order valence-corrected chi connectivity index (χ3v) is 8.98. The molecule has 9 heteroatoms. The Hall–Kier alpha value is -2.42. The summed E-state index contributed by atoms with van der Waals surface area (Å²) in [7, 11) is 0. The smallest absolute Gasteiger partial charge is 0.272 e. The molecule has 1 amide bonds. The lowest BCUT2D eigenvalue weighted by molar-refractivity contribution is -0.253. The highest BCUT2D eigenvalue weighted by molar-refractivity contribution is 6.76. The van der Waals surface area contributed by atoms with E-state index in [1.54, 1.807) is 0 Å². The van der Waals surface area contributed by atoms with Gasteiger partial charge in [-0.3, -0.25) is 9.69 Å². The van der Waals surface area contributed by atoms with Gasteiger partial charge in [-0.25, -0.2) is 0 Å². The van der Waals surface area contributed by atoms with Crippen LogP contribution in [-0.4, -0.2) is 44.9 Å². The maximum Gasteiger partial charge on any atom is 0.272 e. The fourth-order valence-electron chi connectivity index (χ4n) is 6.15. The second-order valence-corrected chi connectivity index (χ2v) is 13.8. The van der Waals surface area contributed by atoms with Gasteiger partial charge in [0.1, 0.15) is 0 Å². The zero-order valence-electron chi connectivity index (χ0n) is 24.6. The Labute approximate surface area is 274 Å². The molecule has 1 saturated heterocycles. The topological polar surface area (TPSA) is 71.0 Å². The number of ether oxygens (including phenoxy) is 2. The molecule has 3 aromatic carbocycles. The molecule has 234 valence electrons. The molecule has 3 aromatic rings. The van der Waals surface area contributed by atoms with Gasteiger partial charge in [0, 0.05) is 37.7 Å². The lowest BCUT2D eigenvalue weighted by Gasteiger charge is -2.39. The van der Waals surface area contributed by atoms with Crippen molar-refractivity contribution >= 4 is 40.7 Å². The summed E-state index contributed by atoms with van der Waals surface area (Å²) in [5, 5.41) is 12.2. The van der Waals surface area contributed by atoms with E-state index in [0.29, 0.717) is 6.04 Å². The van der Waals surface area contributed by atoms with Crippen molar-refractivity contribution in [1.82, 2.24) is 10.2 Å². The molecular formula is C35H39Cl3N2O4. The van der Waals surface area contributed by atoms with Gasteiger partial charge in [0.15, 0.2) is 6.29 Å². The summed E-state index contributed by atoms with van der Waals surface area (Å²) < 4.78 is 11.2. The van der Waals surface area contributed by atoms with E-state index in [1.807, 2.05) is 78.9 Å². The number of benzene rings is 3. The summed E-state index contributed by atoms with van der Waals surface area (Å²) in [6, 6.07) is 24.5. The van der Waals surface area contributed by atoms with Gasteiger partial charge in [-0.05, 0) is 40.7 Å². The van der Waals surface area contributed by atoms with Crippen LogP contribution in [0.15, 0.2) is 85.5 Å². The number of rotatable bonds is 11. The minimum absolute atomic E-state index is 0.00677. The summed E-state index contributed by atoms with van der Waals surface area (Å²) in [5.41, 5.74) is 5.70. The molecule has 1 heterocycles. The highest BCUT2D eigenvalue weighted by atomic mass is 35.6. The summed E-state index contributed by atoms with van der Waals surface area (Å²) in [6.45, 7) is 5.89. The quantitative estimate of drug-likeness (QED) is 0.163. The van der Waals surface area contributed by atoms with Crippen LogP contribution in [0.3, 0.4) is 0 Å². The maximum atomic E-state index is 12.1. The normalized spacial score (nSPS) is 21.0. The van der Waals surface area contributed by atoms with Crippen molar-refractivity contribution in [2.24, 2.45) is 0 Å². The molecule has 6 nitrogen and oxygen atoms in total.